The minimum absolute atomic E-state index is 0.222. The van der Waals surface area contributed by atoms with Crippen LogP contribution in [0.2, 0.25) is 0 Å². The van der Waals surface area contributed by atoms with Crippen LogP contribution in [-0.4, -0.2) is 21.0 Å². The SMILES string of the molecule is Cc1cc(CSc2ncccc2C(=O)NCc2nc(C)c(C)o2)no1. The van der Waals surface area contributed by atoms with Crippen LogP contribution in [0.4, 0.5) is 0 Å². The molecule has 0 spiro atoms. The second-order valence-electron chi connectivity index (χ2n) is 5.51. The van der Waals surface area contributed by atoms with Crippen LogP contribution in [0.1, 0.15) is 39.2 Å². The number of rotatable bonds is 6. The molecule has 0 radical (unpaired) electrons. The van der Waals surface area contributed by atoms with Crippen molar-refractivity contribution >= 4 is 17.7 Å². The number of amides is 1. The van der Waals surface area contributed by atoms with E-state index in [0.717, 1.165) is 22.9 Å². The van der Waals surface area contributed by atoms with E-state index in [-0.39, 0.29) is 12.5 Å². The lowest BCUT2D eigenvalue weighted by Crippen LogP contribution is -2.23. The van der Waals surface area contributed by atoms with Gasteiger partial charge < -0.3 is 14.3 Å². The summed E-state index contributed by atoms with van der Waals surface area (Å²) in [6.07, 6.45) is 1.66. The molecule has 1 N–H and O–H groups in total. The van der Waals surface area contributed by atoms with Crippen molar-refractivity contribution in [1.29, 1.82) is 0 Å². The molecule has 25 heavy (non-hydrogen) atoms. The predicted octanol–water partition coefficient (Wildman–Crippen LogP) is 3.21. The number of nitrogens with zero attached hydrogens (tertiary/aromatic N) is 3. The summed E-state index contributed by atoms with van der Waals surface area (Å²) in [6.45, 7) is 5.78. The fourth-order valence-electron chi connectivity index (χ4n) is 2.17. The van der Waals surface area contributed by atoms with Gasteiger partial charge in [-0.1, -0.05) is 16.9 Å². The van der Waals surface area contributed by atoms with Crippen molar-refractivity contribution in [1.82, 2.24) is 20.4 Å². The Kier molecular flexibility index (Phi) is 5.18. The van der Waals surface area contributed by atoms with Crippen LogP contribution in [0.3, 0.4) is 0 Å². The standard InChI is InChI=1S/C17H18N4O3S/c1-10-7-13(21-24-10)9-25-17-14(5-4-6-18-17)16(22)19-8-15-20-11(2)12(3)23-15/h4-7H,8-9H2,1-3H3,(H,19,22). The van der Waals surface area contributed by atoms with Gasteiger partial charge in [0.25, 0.3) is 5.91 Å². The van der Waals surface area contributed by atoms with Gasteiger partial charge in [0.15, 0.2) is 0 Å². The Hall–Kier alpha value is -2.61. The minimum Gasteiger partial charge on any atom is -0.444 e. The molecule has 1 amide bonds. The zero-order chi connectivity index (χ0) is 17.8. The van der Waals surface area contributed by atoms with Gasteiger partial charge in [-0.3, -0.25) is 4.79 Å². The number of carbonyl (C=O) groups excluding carboxylic acids is 1. The molecule has 3 rings (SSSR count). The largest absolute Gasteiger partial charge is 0.444 e. The molecule has 0 aliphatic rings. The number of thioether (sulfide) groups is 1. The lowest BCUT2D eigenvalue weighted by Gasteiger charge is -2.07. The maximum Gasteiger partial charge on any atom is 0.254 e. The van der Waals surface area contributed by atoms with Gasteiger partial charge in [-0.05, 0) is 32.9 Å². The van der Waals surface area contributed by atoms with E-state index in [4.69, 9.17) is 8.94 Å². The molecule has 3 heterocycles. The zero-order valence-corrected chi connectivity index (χ0v) is 15.0. The predicted molar refractivity (Wildman–Crippen MR) is 92.2 cm³/mol. The van der Waals surface area contributed by atoms with Crippen molar-refractivity contribution in [2.75, 3.05) is 0 Å². The van der Waals surface area contributed by atoms with E-state index in [1.54, 1.807) is 18.3 Å². The van der Waals surface area contributed by atoms with E-state index in [0.29, 0.717) is 22.2 Å². The summed E-state index contributed by atoms with van der Waals surface area (Å²) < 4.78 is 10.5. The van der Waals surface area contributed by atoms with Crippen molar-refractivity contribution in [2.24, 2.45) is 0 Å². The summed E-state index contributed by atoms with van der Waals surface area (Å²) in [6, 6.07) is 5.34. The number of pyridine rings is 1. The average Bonchev–Trinajstić information content (AvgIpc) is 3.16. The summed E-state index contributed by atoms with van der Waals surface area (Å²) in [5.41, 5.74) is 2.14. The van der Waals surface area contributed by atoms with Crippen molar-refractivity contribution in [2.45, 2.75) is 38.1 Å². The van der Waals surface area contributed by atoms with Crippen LogP contribution < -0.4 is 5.32 Å². The van der Waals surface area contributed by atoms with Gasteiger partial charge >= 0.3 is 0 Å². The average molecular weight is 358 g/mol. The molecule has 0 bridgehead atoms. The molecule has 7 nitrogen and oxygen atoms in total. The third-order valence-corrected chi connectivity index (χ3v) is 4.56. The topological polar surface area (TPSA) is 94.1 Å². The normalized spacial score (nSPS) is 10.8. The Labute approximate surface area is 149 Å². The van der Waals surface area contributed by atoms with Crippen LogP contribution in [0.5, 0.6) is 0 Å². The van der Waals surface area contributed by atoms with Gasteiger partial charge in [0.1, 0.15) is 16.5 Å². The van der Waals surface area contributed by atoms with Crippen molar-refractivity contribution in [3.05, 3.63) is 58.8 Å². The Morgan fingerprint density at radius 1 is 1.32 bits per heavy atom. The quantitative estimate of drug-likeness (QED) is 0.676. The fraction of sp³-hybridized carbons (Fsp3) is 0.294. The number of hydrogen-bond donors (Lipinski definition) is 1. The first-order valence-corrected chi connectivity index (χ1v) is 8.72. The highest BCUT2D eigenvalue weighted by Gasteiger charge is 2.15. The summed E-state index contributed by atoms with van der Waals surface area (Å²) in [5.74, 6) is 2.35. The van der Waals surface area contributed by atoms with E-state index in [1.165, 1.54) is 11.8 Å². The van der Waals surface area contributed by atoms with Crippen molar-refractivity contribution < 1.29 is 13.7 Å². The van der Waals surface area contributed by atoms with Crippen LogP contribution >= 0.6 is 11.8 Å². The number of oxazole rings is 1. The summed E-state index contributed by atoms with van der Waals surface area (Å²) in [5, 5.41) is 7.40. The van der Waals surface area contributed by atoms with Crippen LogP contribution in [0, 0.1) is 20.8 Å². The van der Waals surface area contributed by atoms with Crippen molar-refractivity contribution in [3.8, 4) is 0 Å². The highest BCUT2D eigenvalue weighted by Crippen LogP contribution is 2.24. The van der Waals surface area contributed by atoms with Crippen LogP contribution in [0.25, 0.3) is 0 Å². The minimum atomic E-state index is -0.222. The molecule has 0 unspecified atom stereocenters. The van der Waals surface area contributed by atoms with E-state index >= 15 is 0 Å². The fourth-order valence-corrected chi connectivity index (χ4v) is 3.05. The second-order valence-corrected chi connectivity index (χ2v) is 6.47. The first-order valence-electron chi connectivity index (χ1n) is 7.74. The van der Waals surface area contributed by atoms with Gasteiger partial charge in [-0.2, -0.15) is 0 Å². The molecule has 3 aromatic rings. The van der Waals surface area contributed by atoms with E-state index in [2.05, 4.69) is 20.4 Å². The number of nitrogens with one attached hydrogen (secondary N) is 1. The molecule has 130 valence electrons. The Morgan fingerprint density at radius 3 is 2.84 bits per heavy atom. The molecule has 0 saturated heterocycles. The zero-order valence-electron chi connectivity index (χ0n) is 14.2. The van der Waals surface area contributed by atoms with Gasteiger partial charge in [-0.25, -0.2) is 9.97 Å². The smallest absolute Gasteiger partial charge is 0.254 e. The Bertz CT molecular complexity index is 868. The van der Waals surface area contributed by atoms with Crippen LogP contribution in [-0.2, 0) is 12.3 Å². The maximum atomic E-state index is 12.5. The molecule has 0 saturated carbocycles. The first kappa shape index (κ1) is 17.2. The first-order chi connectivity index (χ1) is 12.0. The molecule has 0 fully saturated rings. The highest BCUT2D eigenvalue weighted by atomic mass is 32.2. The van der Waals surface area contributed by atoms with Crippen LogP contribution in [0.15, 0.2) is 38.4 Å². The number of carbonyl (C=O) groups is 1. The summed E-state index contributed by atoms with van der Waals surface area (Å²) >= 11 is 1.44. The highest BCUT2D eigenvalue weighted by molar-refractivity contribution is 7.98. The molecule has 0 aromatic carbocycles. The van der Waals surface area contributed by atoms with Gasteiger partial charge in [0.05, 0.1) is 23.5 Å². The number of hydrogen-bond acceptors (Lipinski definition) is 7. The lowest BCUT2D eigenvalue weighted by molar-refractivity contribution is 0.0943. The second kappa shape index (κ2) is 7.52. The third kappa shape index (κ3) is 4.27. The summed E-state index contributed by atoms with van der Waals surface area (Å²) in [7, 11) is 0. The molecule has 0 aliphatic carbocycles. The number of aryl methyl sites for hydroxylation is 3. The molecule has 3 aromatic heterocycles. The van der Waals surface area contributed by atoms with E-state index < -0.39 is 0 Å². The Balaban J connectivity index is 1.65. The van der Waals surface area contributed by atoms with E-state index in [9.17, 15) is 4.79 Å². The van der Waals surface area contributed by atoms with Gasteiger partial charge in [0.2, 0.25) is 5.89 Å². The molecule has 0 atom stereocenters. The Morgan fingerprint density at radius 2 is 2.16 bits per heavy atom. The lowest BCUT2D eigenvalue weighted by atomic mass is 10.2. The monoisotopic (exact) mass is 358 g/mol. The van der Waals surface area contributed by atoms with Crippen molar-refractivity contribution in [3.63, 3.8) is 0 Å². The van der Waals surface area contributed by atoms with Gasteiger partial charge in [-0.15, -0.1) is 0 Å². The summed E-state index contributed by atoms with van der Waals surface area (Å²) in [4.78, 5) is 21.0. The van der Waals surface area contributed by atoms with Gasteiger partial charge in [0, 0.05) is 18.0 Å². The third-order valence-electron chi connectivity index (χ3n) is 3.52. The maximum absolute atomic E-state index is 12.5. The molecule has 0 aliphatic heterocycles. The molecular formula is C17H18N4O3S. The molecule has 8 heteroatoms. The van der Waals surface area contributed by atoms with E-state index in [1.807, 2.05) is 26.8 Å². The number of aromatic nitrogens is 3. The molecular weight excluding hydrogens is 340 g/mol.